The summed E-state index contributed by atoms with van der Waals surface area (Å²) in [7, 11) is 0. The third-order valence-corrected chi connectivity index (χ3v) is 4.52. The second kappa shape index (κ2) is 14.6. The average molecular weight is 414 g/mol. The van der Waals surface area contributed by atoms with Crippen molar-refractivity contribution in [3.63, 3.8) is 0 Å². The summed E-state index contributed by atoms with van der Waals surface area (Å²) in [6, 6.07) is -0.839. The fourth-order valence-corrected chi connectivity index (χ4v) is 2.24. The van der Waals surface area contributed by atoms with Crippen LogP contribution in [0.25, 0.3) is 0 Å². The molecule has 0 fully saturated rings. The summed E-state index contributed by atoms with van der Waals surface area (Å²) < 4.78 is 5.06. The molecule has 0 spiro atoms. The number of carbonyl (C=O) groups is 4. The molecular weight excluding hydrogens is 380 g/mol. The SMILES string of the molecule is CCC(CC(=O)O)OC(=O)C/C=C/CNC(=O)C(CC(=O)O)NCC(C)C(C)C. The normalized spacial score (nSPS) is 14.4. The van der Waals surface area contributed by atoms with E-state index in [0.29, 0.717) is 18.9 Å². The summed E-state index contributed by atoms with van der Waals surface area (Å²) in [6.07, 6.45) is 2.20. The molecule has 4 N–H and O–H groups in total. The molecule has 0 aromatic carbocycles. The van der Waals surface area contributed by atoms with Gasteiger partial charge in [0.25, 0.3) is 0 Å². The number of carboxylic acids is 2. The zero-order valence-electron chi connectivity index (χ0n) is 17.6. The van der Waals surface area contributed by atoms with Crippen LogP contribution in [0.3, 0.4) is 0 Å². The molecule has 0 saturated heterocycles. The Labute approximate surface area is 171 Å². The van der Waals surface area contributed by atoms with Gasteiger partial charge in [0, 0.05) is 6.54 Å². The van der Waals surface area contributed by atoms with Crippen molar-refractivity contribution in [2.24, 2.45) is 11.8 Å². The highest BCUT2D eigenvalue weighted by Crippen LogP contribution is 2.08. The van der Waals surface area contributed by atoms with Gasteiger partial charge in [0.05, 0.1) is 25.3 Å². The third-order valence-electron chi connectivity index (χ3n) is 4.52. The number of carbonyl (C=O) groups excluding carboxylic acids is 2. The van der Waals surface area contributed by atoms with E-state index in [1.54, 1.807) is 13.0 Å². The molecule has 3 unspecified atom stereocenters. The summed E-state index contributed by atoms with van der Waals surface area (Å²) in [5.74, 6) is -2.38. The number of amides is 1. The second-order valence-electron chi connectivity index (χ2n) is 7.32. The summed E-state index contributed by atoms with van der Waals surface area (Å²) in [5.41, 5.74) is 0. The minimum Gasteiger partial charge on any atom is -0.481 e. The lowest BCUT2D eigenvalue weighted by Crippen LogP contribution is -2.47. The predicted molar refractivity (Wildman–Crippen MR) is 107 cm³/mol. The lowest BCUT2D eigenvalue weighted by molar-refractivity contribution is -0.152. The van der Waals surface area contributed by atoms with Gasteiger partial charge in [-0.05, 0) is 24.8 Å². The summed E-state index contributed by atoms with van der Waals surface area (Å²) in [5, 5.41) is 23.3. The summed E-state index contributed by atoms with van der Waals surface area (Å²) >= 11 is 0. The van der Waals surface area contributed by atoms with Gasteiger partial charge in [-0.1, -0.05) is 39.8 Å². The Kier molecular flexibility index (Phi) is 13.3. The largest absolute Gasteiger partial charge is 0.481 e. The van der Waals surface area contributed by atoms with Crippen LogP contribution in [0.4, 0.5) is 0 Å². The molecule has 0 aliphatic carbocycles. The van der Waals surface area contributed by atoms with Gasteiger partial charge in [0.15, 0.2) is 0 Å². The molecule has 0 rings (SSSR count). The van der Waals surface area contributed by atoms with E-state index >= 15 is 0 Å². The molecule has 0 saturated carbocycles. The first kappa shape index (κ1) is 26.6. The van der Waals surface area contributed by atoms with Crippen LogP contribution in [0.1, 0.15) is 53.4 Å². The Morgan fingerprint density at radius 2 is 1.62 bits per heavy atom. The van der Waals surface area contributed by atoms with Gasteiger partial charge in [0.2, 0.25) is 5.91 Å². The van der Waals surface area contributed by atoms with E-state index < -0.39 is 36.0 Å². The smallest absolute Gasteiger partial charge is 0.309 e. The van der Waals surface area contributed by atoms with Gasteiger partial charge in [-0.25, -0.2) is 0 Å². The Hall–Kier alpha value is -2.42. The van der Waals surface area contributed by atoms with Crippen molar-refractivity contribution < 1.29 is 34.1 Å². The van der Waals surface area contributed by atoms with Crippen molar-refractivity contribution in [3.8, 4) is 0 Å². The first-order valence-electron chi connectivity index (χ1n) is 9.85. The maximum atomic E-state index is 12.2. The quantitative estimate of drug-likeness (QED) is 0.234. The van der Waals surface area contributed by atoms with Gasteiger partial charge in [-0.2, -0.15) is 0 Å². The monoisotopic (exact) mass is 414 g/mol. The van der Waals surface area contributed by atoms with Crippen LogP contribution in [0.2, 0.25) is 0 Å². The molecule has 0 radical (unpaired) electrons. The molecule has 9 heteroatoms. The van der Waals surface area contributed by atoms with E-state index in [9.17, 15) is 19.2 Å². The van der Waals surface area contributed by atoms with E-state index in [1.807, 2.05) is 6.92 Å². The fraction of sp³-hybridized carbons (Fsp3) is 0.700. The van der Waals surface area contributed by atoms with Crippen molar-refractivity contribution in [2.75, 3.05) is 13.1 Å². The molecule has 0 aliphatic rings. The maximum Gasteiger partial charge on any atom is 0.309 e. The van der Waals surface area contributed by atoms with Crippen LogP contribution in [-0.2, 0) is 23.9 Å². The first-order chi connectivity index (χ1) is 13.6. The molecular formula is C20H34N2O7. The molecule has 29 heavy (non-hydrogen) atoms. The van der Waals surface area contributed by atoms with Crippen LogP contribution in [-0.4, -0.2) is 59.3 Å². The summed E-state index contributed by atoms with van der Waals surface area (Å²) in [4.78, 5) is 45.6. The van der Waals surface area contributed by atoms with Crippen molar-refractivity contribution >= 4 is 23.8 Å². The number of rotatable bonds is 15. The van der Waals surface area contributed by atoms with Gasteiger partial charge in [0.1, 0.15) is 6.10 Å². The highest BCUT2D eigenvalue weighted by atomic mass is 16.5. The Bertz CT molecular complexity index is 575. The lowest BCUT2D eigenvalue weighted by Gasteiger charge is -2.21. The molecule has 0 bridgehead atoms. The molecule has 0 aromatic rings. The van der Waals surface area contributed by atoms with Crippen LogP contribution in [0.5, 0.6) is 0 Å². The van der Waals surface area contributed by atoms with Crippen LogP contribution < -0.4 is 10.6 Å². The van der Waals surface area contributed by atoms with Crippen molar-refractivity contribution in [2.45, 2.75) is 65.5 Å². The van der Waals surface area contributed by atoms with E-state index in [4.69, 9.17) is 14.9 Å². The molecule has 3 atom stereocenters. The van der Waals surface area contributed by atoms with Gasteiger partial charge < -0.3 is 25.6 Å². The average Bonchev–Trinajstić information content (AvgIpc) is 2.62. The highest BCUT2D eigenvalue weighted by Gasteiger charge is 2.22. The first-order valence-corrected chi connectivity index (χ1v) is 9.85. The minimum atomic E-state index is -1.07. The highest BCUT2D eigenvalue weighted by molar-refractivity contribution is 5.86. The predicted octanol–water partition coefficient (Wildman–Crippen LogP) is 1.57. The Balaban J connectivity index is 4.40. The number of aliphatic carboxylic acids is 2. The zero-order valence-corrected chi connectivity index (χ0v) is 17.6. The molecule has 1 amide bonds. The van der Waals surface area contributed by atoms with E-state index in [-0.39, 0.29) is 31.7 Å². The van der Waals surface area contributed by atoms with E-state index in [2.05, 4.69) is 24.5 Å². The standard InChI is InChI=1S/C20H34N2O7/c1-5-15(10-17(23)24)29-19(27)8-6-7-9-21-20(28)16(11-18(25)26)22-12-14(4)13(2)3/h6-7,13-16,22H,5,8-12H2,1-4H3,(H,21,28)(H,23,24)(H,25,26)/b7-6+. The summed E-state index contributed by atoms with van der Waals surface area (Å²) in [6.45, 7) is 8.53. The van der Waals surface area contributed by atoms with Crippen molar-refractivity contribution in [1.29, 1.82) is 0 Å². The van der Waals surface area contributed by atoms with Crippen LogP contribution in [0, 0.1) is 11.8 Å². The van der Waals surface area contributed by atoms with Gasteiger partial charge in [-0.15, -0.1) is 0 Å². The van der Waals surface area contributed by atoms with Gasteiger partial charge >= 0.3 is 17.9 Å². The molecule has 0 aliphatic heterocycles. The zero-order chi connectivity index (χ0) is 22.4. The lowest BCUT2D eigenvalue weighted by atomic mass is 9.97. The number of hydrogen-bond acceptors (Lipinski definition) is 6. The fourth-order valence-electron chi connectivity index (χ4n) is 2.24. The van der Waals surface area contributed by atoms with Crippen molar-refractivity contribution in [3.05, 3.63) is 12.2 Å². The number of esters is 1. The van der Waals surface area contributed by atoms with E-state index in [1.165, 1.54) is 6.08 Å². The van der Waals surface area contributed by atoms with Gasteiger partial charge in [-0.3, -0.25) is 19.2 Å². The topological polar surface area (TPSA) is 142 Å². The second-order valence-corrected chi connectivity index (χ2v) is 7.32. The minimum absolute atomic E-state index is 0.0469. The third kappa shape index (κ3) is 13.4. The molecule has 166 valence electrons. The molecule has 9 nitrogen and oxygen atoms in total. The Morgan fingerprint density at radius 3 is 2.14 bits per heavy atom. The number of hydrogen-bond donors (Lipinski definition) is 4. The molecule has 0 heterocycles. The van der Waals surface area contributed by atoms with Crippen molar-refractivity contribution in [1.82, 2.24) is 10.6 Å². The van der Waals surface area contributed by atoms with E-state index in [0.717, 1.165) is 0 Å². The molecule has 0 aromatic heterocycles. The maximum absolute atomic E-state index is 12.2. The Morgan fingerprint density at radius 1 is 1.00 bits per heavy atom. The number of ether oxygens (including phenoxy) is 1. The van der Waals surface area contributed by atoms with Crippen LogP contribution >= 0.6 is 0 Å². The van der Waals surface area contributed by atoms with Crippen LogP contribution in [0.15, 0.2) is 12.2 Å². The number of nitrogens with one attached hydrogen (secondary N) is 2. The number of carboxylic acid groups (broad SMARTS) is 2.